The summed E-state index contributed by atoms with van der Waals surface area (Å²) in [5.74, 6) is -3.08. The van der Waals surface area contributed by atoms with Crippen molar-refractivity contribution in [3.63, 3.8) is 0 Å². The number of carboxylic acid groups (broad SMARTS) is 2. The number of nitrogens with zero attached hydrogens (tertiary/aromatic N) is 2. The highest BCUT2D eigenvalue weighted by molar-refractivity contribution is 7.17. The molecule has 0 fully saturated rings. The lowest BCUT2D eigenvalue weighted by atomic mass is 10.0. The molecule has 0 aliphatic carbocycles. The summed E-state index contributed by atoms with van der Waals surface area (Å²) in [5.41, 5.74) is 7.78. The number of aromatic hydroxyl groups is 1. The highest BCUT2D eigenvalue weighted by Crippen LogP contribution is 2.32. The molecule has 2 aromatic heterocycles. The Morgan fingerprint density at radius 1 is 1.09 bits per heavy atom. The van der Waals surface area contributed by atoms with E-state index in [-0.39, 0.29) is 24.7 Å². The highest BCUT2D eigenvalue weighted by atomic mass is 32.1. The van der Waals surface area contributed by atoms with Crippen molar-refractivity contribution in [1.82, 2.24) is 15.3 Å². The monoisotopic (exact) mass is 458 g/mol. The Hall–Kier alpha value is -3.73. The molecule has 6 N–H and O–H groups in total. The first kappa shape index (κ1) is 22.9. The summed E-state index contributed by atoms with van der Waals surface area (Å²) in [6.07, 6.45) is 1.67. The maximum Gasteiger partial charge on any atom is 0.326 e. The summed E-state index contributed by atoms with van der Waals surface area (Å²) in [7, 11) is 0. The number of rotatable bonds is 10. The number of aliphatic carboxylic acids is 2. The van der Waals surface area contributed by atoms with Crippen molar-refractivity contribution in [1.29, 1.82) is 0 Å². The van der Waals surface area contributed by atoms with Crippen molar-refractivity contribution in [2.75, 3.05) is 5.73 Å². The number of nitrogens with one attached hydrogen (secondary N) is 1. The topological polar surface area (TPSA) is 176 Å². The van der Waals surface area contributed by atoms with Gasteiger partial charge < -0.3 is 26.4 Å². The number of aromatic nitrogens is 2. The fourth-order valence-corrected chi connectivity index (χ4v) is 4.23. The van der Waals surface area contributed by atoms with Gasteiger partial charge in [0.2, 0.25) is 11.8 Å². The van der Waals surface area contributed by atoms with Gasteiger partial charge in [-0.25, -0.2) is 9.78 Å². The smallest absolute Gasteiger partial charge is 0.326 e. The van der Waals surface area contributed by atoms with Crippen LogP contribution in [0.25, 0.3) is 10.2 Å². The van der Waals surface area contributed by atoms with Crippen LogP contribution in [-0.4, -0.2) is 49.2 Å². The number of aryl methyl sites for hydroxylation is 2. The number of nitrogen functional groups attached to an aromatic ring is 1. The van der Waals surface area contributed by atoms with E-state index in [4.69, 9.17) is 15.9 Å². The third kappa shape index (κ3) is 5.70. The predicted molar refractivity (Wildman–Crippen MR) is 118 cm³/mol. The minimum absolute atomic E-state index is 0.0316. The van der Waals surface area contributed by atoms with Gasteiger partial charge in [0, 0.05) is 12.0 Å². The zero-order valence-corrected chi connectivity index (χ0v) is 17.8. The van der Waals surface area contributed by atoms with E-state index in [2.05, 4.69) is 15.3 Å². The van der Waals surface area contributed by atoms with Crippen molar-refractivity contribution < 1.29 is 29.7 Å². The number of carboxylic acids is 2. The number of amides is 1. The van der Waals surface area contributed by atoms with Gasteiger partial charge in [-0.15, -0.1) is 11.3 Å². The van der Waals surface area contributed by atoms with Crippen LogP contribution < -0.4 is 11.1 Å². The molecule has 10 nitrogen and oxygen atoms in total. The molecule has 168 valence electrons. The minimum atomic E-state index is -1.28. The van der Waals surface area contributed by atoms with Crippen LogP contribution in [0.1, 0.15) is 40.7 Å². The number of carbonyl (C=O) groups is 3. The Morgan fingerprint density at radius 3 is 2.47 bits per heavy atom. The Morgan fingerprint density at radius 2 is 1.81 bits per heavy atom. The molecule has 1 aromatic carbocycles. The van der Waals surface area contributed by atoms with Gasteiger partial charge >= 0.3 is 11.9 Å². The molecule has 3 rings (SSSR count). The van der Waals surface area contributed by atoms with E-state index in [1.165, 1.54) is 11.3 Å². The average Bonchev–Trinajstić information content (AvgIpc) is 3.14. The van der Waals surface area contributed by atoms with Gasteiger partial charge in [0.15, 0.2) is 0 Å². The fourth-order valence-electron chi connectivity index (χ4n) is 3.25. The Labute approximate surface area is 186 Å². The van der Waals surface area contributed by atoms with Crippen LogP contribution >= 0.6 is 11.3 Å². The largest absolute Gasteiger partial charge is 0.493 e. The molecule has 32 heavy (non-hydrogen) atoms. The Bertz CT molecular complexity index is 1150. The van der Waals surface area contributed by atoms with E-state index in [1.807, 2.05) is 5.38 Å². The van der Waals surface area contributed by atoms with Crippen LogP contribution in [-0.2, 0) is 22.4 Å². The zero-order chi connectivity index (χ0) is 23.3. The number of nitrogens with two attached hydrogens (primary N) is 1. The molecule has 0 saturated carbocycles. The van der Waals surface area contributed by atoms with Crippen LogP contribution in [0.3, 0.4) is 0 Å². The van der Waals surface area contributed by atoms with E-state index in [0.29, 0.717) is 22.2 Å². The summed E-state index contributed by atoms with van der Waals surface area (Å²) in [5, 5.41) is 32.8. The fraction of sp³-hybridized carbons (Fsp3) is 0.286. The van der Waals surface area contributed by atoms with Crippen LogP contribution in [0.4, 0.5) is 5.95 Å². The minimum Gasteiger partial charge on any atom is -0.493 e. The third-order valence-electron chi connectivity index (χ3n) is 4.89. The van der Waals surface area contributed by atoms with Gasteiger partial charge in [0.05, 0.1) is 5.39 Å². The molecular weight excluding hydrogens is 436 g/mol. The van der Waals surface area contributed by atoms with Crippen LogP contribution in [0.5, 0.6) is 5.88 Å². The molecule has 0 saturated heterocycles. The van der Waals surface area contributed by atoms with Gasteiger partial charge in [-0.05, 0) is 54.3 Å². The SMILES string of the molecule is Nc1nc(O)c2c(CCCc3ccc(C(=O)N[C@@H](CCC(=O)O)C(=O)O)cc3)csc2n1. The maximum absolute atomic E-state index is 12.3. The van der Waals surface area contributed by atoms with Gasteiger partial charge in [0.25, 0.3) is 5.91 Å². The molecule has 2 heterocycles. The van der Waals surface area contributed by atoms with Crippen molar-refractivity contribution in [3.8, 4) is 5.88 Å². The normalized spacial score (nSPS) is 11.9. The summed E-state index contributed by atoms with van der Waals surface area (Å²) in [6, 6.07) is 5.51. The number of fused-ring (bicyclic) bond motifs is 1. The first-order valence-electron chi connectivity index (χ1n) is 9.81. The number of anilines is 1. The zero-order valence-electron chi connectivity index (χ0n) is 16.9. The molecule has 3 aromatic rings. The first-order chi connectivity index (χ1) is 15.2. The van der Waals surface area contributed by atoms with Crippen LogP contribution in [0.2, 0.25) is 0 Å². The van der Waals surface area contributed by atoms with Crippen LogP contribution in [0.15, 0.2) is 29.6 Å². The van der Waals surface area contributed by atoms with E-state index < -0.39 is 23.9 Å². The van der Waals surface area contributed by atoms with E-state index in [9.17, 15) is 19.5 Å². The molecule has 0 radical (unpaired) electrons. The van der Waals surface area contributed by atoms with Gasteiger partial charge in [0.1, 0.15) is 10.9 Å². The lowest BCUT2D eigenvalue weighted by Gasteiger charge is -2.13. The second-order valence-electron chi connectivity index (χ2n) is 7.19. The molecule has 0 aliphatic heterocycles. The molecule has 11 heteroatoms. The number of hydrogen-bond donors (Lipinski definition) is 5. The number of benzene rings is 1. The molecule has 0 bridgehead atoms. The van der Waals surface area contributed by atoms with Crippen molar-refractivity contribution in [2.24, 2.45) is 0 Å². The van der Waals surface area contributed by atoms with Crippen molar-refractivity contribution in [3.05, 3.63) is 46.3 Å². The van der Waals surface area contributed by atoms with Gasteiger partial charge in [-0.2, -0.15) is 4.98 Å². The number of hydrogen-bond acceptors (Lipinski definition) is 8. The van der Waals surface area contributed by atoms with Gasteiger partial charge in [-0.1, -0.05) is 12.1 Å². The molecule has 0 aliphatic rings. The summed E-state index contributed by atoms with van der Waals surface area (Å²) < 4.78 is 0. The number of carbonyl (C=O) groups excluding carboxylic acids is 1. The summed E-state index contributed by atoms with van der Waals surface area (Å²) in [6.45, 7) is 0. The standard InChI is InChI=1S/C21H22N4O6S/c22-21-24-18(29)16-13(10-32-19(16)25-21)3-1-2-11-4-6-12(7-5-11)17(28)23-14(20(30)31)8-9-15(26)27/h4-7,10,14H,1-3,8-9H2,(H,23,28)(H,26,27)(H,30,31)(H3,22,24,25,29)/t14-/m0/s1. The number of thiophene rings is 1. The summed E-state index contributed by atoms with van der Waals surface area (Å²) in [4.78, 5) is 42.7. The van der Waals surface area contributed by atoms with E-state index >= 15 is 0 Å². The van der Waals surface area contributed by atoms with Crippen molar-refractivity contribution in [2.45, 2.75) is 38.1 Å². The highest BCUT2D eigenvalue weighted by Gasteiger charge is 2.21. The molecule has 1 atom stereocenters. The first-order valence-corrected chi connectivity index (χ1v) is 10.7. The molecule has 0 spiro atoms. The van der Waals surface area contributed by atoms with E-state index in [1.54, 1.807) is 24.3 Å². The lowest BCUT2D eigenvalue weighted by Crippen LogP contribution is -2.41. The predicted octanol–water partition coefficient (Wildman–Crippen LogP) is 2.20. The van der Waals surface area contributed by atoms with Crippen LogP contribution in [0, 0.1) is 0 Å². The third-order valence-corrected chi connectivity index (χ3v) is 5.81. The molecule has 0 unspecified atom stereocenters. The molecular formula is C21H22N4O6S. The van der Waals surface area contributed by atoms with Gasteiger partial charge in [-0.3, -0.25) is 9.59 Å². The summed E-state index contributed by atoms with van der Waals surface area (Å²) >= 11 is 1.40. The Kier molecular flexibility index (Phi) is 7.21. The van der Waals surface area contributed by atoms with Crippen molar-refractivity contribution >= 4 is 45.3 Å². The molecule has 1 amide bonds. The maximum atomic E-state index is 12.3. The quantitative estimate of drug-likeness (QED) is 0.305. The second kappa shape index (κ2) is 10.1. The Balaban J connectivity index is 1.56. The van der Waals surface area contributed by atoms with E-state index in [0.717, 1.165) is 24.0 Å². The lowest BCUT2D eigenvalue weighted by molar-refractivity contribution is -0.140. The average molecular weight is 458 g/mol. The second-order valence-corrected chi connectivity index (χ2v) is 8.05.